The molecule has 37 heavy (non-hydrogen) atoms. The van der Waals surface area contributed by atoms with Crippen molar-refractivity contribution in [1.29, 1.82) is 0 Å². The van der Waals surface area contributed by atoms with Crippen LogP contribution < -0.4 is 5.32 Å². The molecule has 0 spiro atoms. The van der Waals surface area contributed by atoms with E-state index in [1.165, 1.54) is 22.3 Å². The van der Waals surface area contributed by atoms with Gasteiger partial charge in [-0.05, 0) is 59.8 Å². The molecule has 0 atom stereocenters. The fraction of sp³-hybridized carbons (Fsp3) is 0.500. The van der Waals surface area contributed by atoms with Gasteiger partial charge in [0.1, 0.15) is 6.61 Å². The molecule has 0 radical (unpaired) electrons. The summed E-state index contributed by atoms with van der Waals surface area (Å²) in [7, 11) is 1.75. The Hall–Kier alpha value is -3.35. The van der Waals surface area contributed by atoms with E-state index in [0.29, 0.717) is 26.1 Å². The molecule has 2 amide bonds. The number of carboxylic acids is 1. The summed E-state index contributed by atoms with van der Waals surface area (Å²) in [5.74, 6) is -0.832. The van der Waals surface area contributed by atoms with Gasteiger partial charge < -0.3 is 20.1 Å². The molecule has 198 valence electrons. The fourth-order valence-corrected chi connectivity index (χ4v) is 5.94. The lowest BCUT2D eigenvalue weighted by Crippen LogP contribution is -2.32. The van der Waals surface area contributed by atoms with Crippen LogP contribution in [0.5, 0.6) is 0 Å². The topological polar surface area (TPSA) is 95.9 Å². The zero-order valence-corrected chi connectivity index (χ0v) is 21.7. The first kappa shape index (κ1) is 26.7. The van der Waals surface area contributed by atoms with Crippen LogP contribution in [0.4, 0.5) is 4.79 Å². The second kappa shape index (κ2) is 12.3. The van der Waals surface area contributed by atoms with E-state index in [-0.39, 0.29) is 29.8 Å². The Morgan fingerprint density at radius 1 is 0.946 bits per heavy atom. The third-order valence-electron chi connectivity index (χ3n) is 7.87. The summed E-state index contributed by atoms with van der Waals surface area (Å²) in [5.41, 5.74) is 4.44. The van der Waals surface area contributed by atoms with Gasteiger partial charge >= 0.3 is 12.1 Å². The Morgan fingerprint density at radius 2 is 1.57 bits per heavy atom. The highest BCUT2D eigenvalue weighted by molar-refractivity contribution is 5.79. The fourth-order valence-electron chi connectivity index (χ4n) is 5.94. The van der Waals surface area contributed by atoms with Crippen molar-refractivity contribution in [3.05, 3.63) is 59.7 Å². The summed E-state index contributed by atoms with van der Waals surface area (Å²) in [4.78, 5) is 37.8. The first-order valence-electron chi connectivity index (χ1n) is 13.4. The maximum Gasteiger partial charge on any atom is 0.409 e. The number of carbonyl (C=O) groups excluding carboxylic acids is 2. The summed E-state index contributed by atoms with van der Waals surface area (Å²) < 4.78 is 5.70. The number of carboxylic acid groups (broad SMARTS) is 1. The standard InChI is InChI=1S/C30H38N2O5/c1-32(18-10-2-9-17-31-27(33)19-30(20-28(34)35)15-7-8-16-30)29(36)37-21-26-24-13-5-3-11-22(24)23-12-4-6-14-25(23)26/h3-6,11-14,26H,2,7-10,15-21H2,1H3,(H,31,33)(H,34,35). The molecule has 0 unspecified atom stereocenters. The maximum atomic E-state index is 12.6. The number of amides is 2. The molecule has 2 N–H and O–H groups in total. The minimum atomic E-state index is -0.824. The number of ether oxygens (including phenoxy) is 1. The molecule has 7 heteroatoms. The second-order valence-electron chi connectivity index (χ2n) is 10.6. The van der Waals surface area contributed by atoms with Crippen LogP contribution in [0.1, 0.15) is 74.8 Å². The van der Waals surface area contributed by atoms with Crippen molar-refractivity contribution < 1.29 is 24.2 Å². The normalized spacial score (nSPS) is 15.6. The van der Waals surface area contributed by atoms with Crippen LogP contribution in [0.3, 0.4) is 0 Å². The van der Waals surface area contributed by atoms with E-state index in [2.05, 4.69) is 29.6 Å². The minimum Gasteiger partial charge on any atom is -0.481 e. The predicted molar refractivity (Wildman–Crippen MR) is 142 cm³/mol. The summed E-state index contributed by atoms with van der Waals surface area (Å²) in [5, 5.41) is 12.2. The van der Waals surface area contributed by atoms with Crippen LogP contribution in [0.25, 0.3) is 11.1 Å². The number of hydrogen-bond acceptors (Lipinski definition) is 4. The lowest BCUT2D eigenvalue weighted by molar-refractivity contribution is -0.140. The third kappa shape index (κ3) is 6.70. The molecule has 2 aromatic carbocycles. The van der Waals surface area contributed by atoms with Crippen molar-refractivity contribution >= 4 is 18.0 Å². The van der Waals surface area contributed by atoms with Gasteiger partial charge in [-0.25, -0.2) is 4.79 Å². The lowest BCUT2D eigenvalue weighted by Gasteiger charge is -2.26. The van der Waals surface area contributed by atoms with Gasteiger partial charge in [0.05, 0.1) is 6.42 Å². The van der Waals surface area contributed by atoms with Crippen molar-refractivity contribution in [3.63, 3.8) is 0 Å². The Bertz CT molecular complexity index is 1060. The van der Waals surface area contributed by atoms with E-state index in [9.17, 15) is 19.5 Å². The highest BCUT2D eigenvalue weighted by Crippen LogP contribution is 2.45. The van der Waals surface area contributed by atoms with Crippen LogP contribution in [-0.2, 0) is 14.3 Å². The molecule has 4 rings (SSSR count). The minimum absolute atomic E-state index is 0.0484. The number of aliphatic carboxylic acids is 1. The first-order chi connectivity index (χ1) is 17.9. The lowest BCUT2D eigenvalue weighted by atomic mass is 9.79. The smallest absolute Gasteiger partial charge is 0.409 e. The number of nitrogens with zero attached hydrogens (tertiary/aromatic N) is 1. The number of benzene rings is 2. The van der Waals surface area contributed by atoms with Crippen molar-refractivity contribution in [2.45, 2.75) is 63.7 Å². The van der Waals surface area contributed by atoms with Crippen LogP contribution in [0.15, 0.2) is 48.5 Å². The zero-order chi connectivity index (χ0) is 26.3. The van der Waals surface area contributed by atoms with Gasteiger partial charge in [-0.15, -0.1) is 0 Å². The van der Waals surface area contributed by atoms with Crippen LogP contribution in [-0.4, -0.2) is 54.7 Å². The Morgan fingerprint density at radius 3 is 2.19 bits per heavy atom. The van der Waals surface area contributed by atoms with Crippen LogP contribution in [0, 0.1) is 5.41 Å². The first-order valence-corrected chi connectivity index (χ1v) is 13.4. The molecule has 0 bridgehead atoms. The molecule has 2 aromatic rings. The molecule has 1 fully saturated rings. The molecule has 0 aromatic heterocycles. The molecule has 7 nitrogen and oxygen atoms in total. The average Bonchev–Trinajstić information content (AvgIpc) is 3.46. The van der Waals surface area contributed by atoms with E-state index in [0.717, 1.165) is 44.9 Å². The SMILES string of the molecule is CN(CCCCCNC(=O)CC1(CC(=O)O)CCCC1)C(=O)OCC1c2ccccc2-c2ccccc21. The van der Waals surface area contributed by atoms with E-state index in [1.807, 2.05) is 24.3 Å². The van der Waals surface area contributed by atoms with Crippen LogP contribution >= 0.6 is 0 Å². The molecular weight excluding hydrogens is 468 g/mol. The van der Waals surface area contributed by atoms with Gasteiger partial charge in [-0.1, -0.05) is 61.4 Å². The van der Waals surface area contributed by atoms with Gasteiger partial charge in [-0.3, -0.25) is 9.59 Å². The van der Waals surface area contributed by atoms with Gasteiger partial charge in [-0.2, -0.15) is 0 Å². The number of hydrogen-bond donors (Lipinski definition) is 2. The predicted octanol–water partition coefficient (Wildman–Crippen LogP) is 5.58. The highest BCUT2D eigenvalue weighted by atomic mass is 16.6. The highest BCUT2D eigenvalue weighted by Gasteiger charge is 2.37. The average molecular weight is 507 g/mol. The molecule has 0 saturated heterocycles. The molecule has 2 aliphatic rings. The molecule has 2 aliphatic carbocycles. The largest absolute Gasteiger partial charge is 0.481 e. The van der Waals surface area contributed by atoms with E-state index >= 15 is 0 Å². The number of unbranched alkanes of at least 4 members (excludes halogenated alkanes) is 2. The summed E-state index contributed by atoms with van der Waals surface area (Å²) >= 11 is 0. The van der Waals surface area contributed by atoms with Gasteiger partial charge in [0.25, 0.3) is 0 Å². The Kier molecular flexibility index (Phi) is 8.85. The molecular formula is C30H38N2O5. The quantitative estimate of drug-likeness (QED) is 0.367. The Balaban J connectivity index is 1.13. The van der Waals surface area contributed by atoms with Crippen molar-refractivity contribution in [2.24, 2.45) is 5.41 Å². The molecule has 0 heterocycles. The summed E-state index contributed by atoms with van der Waals surface area (Å²) in [6.07, 6.45) is 6.18. The van der Waals surface area contributed by atoms with Gasteiger partial charge in [0.15, 0.2) is 0 Å². The van der Waals surface area contributed by atoms with E-state index < -0.39 is 5.97 Å². The monoisotopic (exact) mass is 506 g/mol. The molecule has 0 aliphatic heterocycles. The second-order valence-corrected chi connectivity index (χ2v) is 10.6. The maximum absolute atomic E-state index is 12.6. The van der Waals surface area contributed by atoms with Gasteiger partial charge in [0, 0.05) is 32.5 Å². The van der Waals surface area contributed by atoms with Gasteiger partial charge in [0.2, 0.25) is 5.91 Å². The number of fused-ring (bicyclic) bond motifs is 3. The van der Waals surface area contributed by atoms with Crippen molar-refractivity contribution in [3.8, 4) is 11.1 Å². The Labute approximate surface area is 219 Å². The number of rotatable bonds is 12. The van der Waals surface area contributed by atoms with E-state index in [4.69, 9.17) is 4.74 Å². The van der Waals surface area contributed by atoms with E-state index in [1.54, 1.807) is 11.9 Å². The van der Waals surface area contributed by atoms with Crippen LogP contribution in [0.2, 0.25) is 0 Å². The van der Waals surface area contributed by atoms with Crippen molar-refractivity contribution in [2.75, 3.05) is 26.7 Å². The zero-order valence-electron chi connectivity index (χ0n) is 21.7. The summed E-state index contributed by atoms with van der Waals surface area (Å²) in [6, 6.07) is 16.6. The number of carbonyl (C=O) groups is 3. The van der Waals surface area contributed by atoms with Crippen molar-refractivity contribution in [1.82, 2.24) is 10.2 Å². The number of nitrogens with one attached hydrogen (secondary N) is 1. The molecule has 1 saturated carbocycles. The summed E-state index contributed by atoms with van der Waals surface area (Å²) in [6.45, 7) is 1.47. The third-order valence-corrected chi connectivity index (χ3v) is 7.87.